The molecule has 2 unspecified atom stereocenters. The van der Waals surface area contributed by atoms with Gasteiger partial charge in [-0.2, -0.15) is 17.4 Å². The molecule has 1 heterocycles. The van der Waals surface area contributed by atoms with E-state index in [9.17, 15) is 8.42 Å². The van der Waals surface area contributed by atoms with Gasteiger partial charge in [0.05, 0.1) is 0 Å². The van der Waals surface area contributed by atoms with E-state index in [1.54, 1.807) is 7.05 Å². The second-order valence-electron chi connectivity index (χ2n) is 4.47. The van der Waals surface area contributed by atoms with E-state index < -0.39 is 10.2 Å². The Kier molecular flexibility index (Phi) is 4.11. The second-order valence-corrected chi connectivity index (χ2v) is 6.24. The van der Waals surface area contributed by atoms with Gasteiger partial charge in [-0.05, 0) is 26.3 Å². The zero-order chi connectivity index (χ0) is 11.6. The summed E-state index contributed by atoms with van der Waals surface area (Å²) in [7, 11) is -1.74. The van der Waals surface area contributed by atoms with Gasteiger partial charge in [-0.1, -0.05) is 6.92 Å². The van der Waals surface area contributed by atoms with Crippen molar-refractivity contribution < 1.29 is 8.42 Å². The van der Waals surface area contributed by atoms with E-state index in [1.165, 1.54) is 4.31 Å². The van der Waals surface area contributed by atoms with Gasteiger partial charge in [0.15, 0.2) is 0 Å². The maximum Gasteiger partial charge on any atom is 0.279 e. The molecule has 0 amide bonds. The van der Waals surface area contributed by atoms with Gasteiger partial charge in [-0.25, -0.2) is 0 Å². The SMILES string of the molecule is CC1CNCC1NS(=O)(=O)N(C)C(C)C. The van der Waals surface area contributed by atoms with Crippen LogP contribution in [0.4, 0.5) is 0 Å². The van der Waals surface area contributed by atoms with Crippen molar-refractivity contribution in [2.24, 2.45) is 5.92 Å². The Morgan fingerprint density at radius 1 is 1.40 bits per heavy atom. The van der Waals surface area contributed by atoms with Crippen molar-refractivity contribution in [2.75, 3.05) is 20.1 Å². The zero-order valence-corrected chi connectivity index (χ0v) is 10.6. The fraction of sp³-hybridized carbons (Fsp3) is 1.00. The molecule has 1 rings (SSSR count). The van der Waals surface area contributed by atoms with Crippen LogP contribution >= 0.6 is 0 Å². The summed E-state index contributed by atoms with van der Waals surface area (Å²) in [6, 6.07) is -0.0108. The Hall–Kier alpha value is -0.170. The van der Waals surface area contributed by atoms with Crippen molar-refractivity contribution in [2.45, 2.75) is 32.9 Å². The minimum absolute atomic E-state index is 0.0104. The Balaban J connectivity index is 2.64. The summed E-state index contributed by atoms with van der Waals surface area (Å²) < 4.78 is 27.8. The minimum Gasteiger partial charge on any atom is -0.315 e. The Morgan fingerprint density at radius 2 is 2.00 bits per heavy atom. The average Bonchev–Trinajstić information content (AvgIpc) is 2.50. The number of nitrogens with zero attached hydrogens (tertiary/aromatic N) is 1. The summed E-state index contributed by atoms with van der Waals surface area (Å²) in [5.41, 5.74) is 0. The van der Waals surface area contributed by atoms with Crippen LogP contribution in [0.15, 0.2) is 0 Å². The molecular weight excluding hydrogens is 214 g/mol. The lowest BCUT2D eigenvalue weighted by atomic mass is 10.1. The molecule has 0 aromatic rings. The summed E-state index contributed by atoms with van der Waals surface area (Å²) in [5, 5.41) is 3.17. The monoisotopic (exact) mass is 235 g/mol. The number of hydrogen-bond donors (Lipinski definition) is 2. The molecule has 1 aliphatic heterocycles. The fourth-order valence-electron chi connectivity index (χ4n) is 1.52. The normalized spacial score (nSPS) is 27.9. The highest BCUT2D eigenvalue weighted by molar-refractivity contribution is 7.87. The highest BCUT2D eigenvalue weighted by atomic mass is 32.2. The van der Waals surface area contributed by atoms with Crippen LogP contribution in [-0.2, 0) is 10.2 Å². The molecular formula is C9H21N3O2S. The maximum absolute atomic E-state index is 11.9. The van der Waals surface area contributed by atoms with Crippen LogP contribution in [0.25, 0.3) is 0 Å². The third kappa shape index (κ3) is 3.14. The van der Waals surface area contributed by atoms with Crippen molar-refractivity contribution >= 4 is 10.2 Å². The summed E-state index contributed by atoms with van der Waals surface area (Å²) in [4.78, 5) is 0. The Morgan fingerprint density at radius 3 is 2.40 bits per heavy atom. The smallest absolute Gasteiger partial charge is 0.279 e. The van der Waals surface area contributed by atoms with E-state index in [2.05, 4.69) is 10.0 Å². The number of hydrogen-bond acceptors (Lipinski definition) is 3. The summed E-state index contributed by atoms with van der Waals surface area (Å²) >= 11 is 0. The predicted molar refractivity (Wildman–Crippen MR) is 60.8 cm³/mol. The molecule has 0 saturated carbocycles. The summed E-state index contributed by atoms with van der Waals surface area (Å²) in [6.07, 6.45) is 0. The molecule has 15 heavy (non-hydrogen) atoms. The van der Waals surface area contributed by atoms with Crippen LogP contribution in [0.1, 0.15) is 20.8 Å². The van der Waals surface area contributed by atoms with Gasteiger partial charge in [-0.3, -0.25) is 0 Å². The molecule has 2 N–H and O–H groups in total. The molecule has 5 nitrogen and oxygen atoms in total. The van der Waals surface area contributed by atoms with Gasteiger partial charge in [-0.15, -0.1) is 0 Å². The van der Waals surface area contributed by atoms with Gasteiger partial charge >= 0.3 is 0 Å². The lowest BCUT2D eigenvalue weighted by Gasteiger charge is -2.24. The molecule has 0 aliphatic carbocycles. The average molecular weight is 235 g/mol. The predicted octanol–water partition coefficient (Wildman–Crippen LogP) is -0.231. The van der Waals surface area contributed by atoms with E-state index in [-0.39, 0.29) is 12.1 Å². The van der Waals surface area contributed by atoms with E-state index >= 15 is 0 Å². The van der Waals surface area contributed by atoms with Crippen LogP contribution in [0.5, 0.6) is 0 Å². The molecule has 0 radical (unpaired) electrons. The molecule has 6 heteroatoms. The standard InChI is InChI=1S/C9H21N3O2S/c1-7(2)12(4)15(13,14)11-9-6-10-5-8(9)3/h7-11H,5-6H2,1-4H3. The fourth-order valence-corrected chi connectivity index (χ4v) is 2.94. The van der Waals surface area contributed by atoms with Crippen LogP contribution in [0.3, 0.4) is 0 Å². The molecule has 2 atom stereocenters. The first-order valence-electron chi connectivity index (χ1n) is 5.30. The van der Waals surface area contributed by atoms with Gasteiger partial charge in [0, 0.05) is 25.7 Å². The first-order valence-corrected chi connectivity index (χ1v) is 6.74. The quantitative estimate of drug-likeness (QED) is 0.707. The third-order valence-electron chi connectivity index (χ3n) is 2.92. The zero-order valence-electron chi connectivity index (χ0n) is 9.82. The lowest BCUT2D eigenvalue weighted by Crippen LogP contribution is -2.48. The molecule has 1 saturated heterocycles. The van der Waals surface area contributed by atoms with Crippen molar-refractivity contribution in [3.05, 3.63) is 0 Å². The van der Waals surface area contributed by atoms with E-state index in [0.717, 1.165) is 6.54 Å². The van der Waals surface area contributed by atoms with Gasteiger partial charge < -0.3 is 5.32 Å². The summed E-state index contributed by atoms with van der Waals surface area (Å²) in [6.45, 7) is 7.35. The molecule has 1 fully saturated rings. The van der Waals surface area contributed by atoms with Crippen LogP contribution < -0.4 is 10.0 Å². The van der Waals surface area contributed by atoms with E-state index in [1.807, 2.05) is 20.8 Å². The molecule has 0 aromatic carbocycles. The van der Waals surface area contributed by atoms with Crippen LogP contribution in [0, 0.1) is 5.92 Å². The Bertz CT molecular complexity index is 302. The number of nitrogens with one attached hydrogen (secondary N) is 2. The third-order valence-corrected chi connectivity index (χ3v) is 4.70. The van der Waals surface area contributed by atoms with Crippen LogP contribution in [0.2, 0.25) is 0 Å². The van der Waals surface area contributed by atoms with Crippen molar-refractivity contribution in [1.29, 1.82) is 0 Å². The van der Waals surface area contributed by atoms with E-state index in [4.69, 9.17) is 0 Å². The summed E-state index contributed by atoms with van der Waals surface area (Å²) in [5.74, 6) is 0.348. The first-order chi connectivity index (χ1) is 6.84. The number of rotatable bonds is 4. The molecule has 0 bridgehead atoms. The molecule has 0 aromatic heterocycles. The first kappa shape index (κ1) is 12.9. The van der Waals surface area contributed by atoms with Gasteiger partial charge in [0.1, 0.15) is 0 Å². The maximum atomic E-state index is 11.9. The van der Waals surface area contributed by atoms with Crippen LogP contribution in [-0.4, -0.2) is 44.9 Å². The second kappa shape index (κ2) is 4.78. The molecule has 0 spiro atoms. The molecule has 1 aliphatic rings. The van der Waals surface area contributed by atoms with Gasteiger partial charge in [0.2, 0.25) is 0 Å². The lowest BCUT2D eigenvalue weighted by molar-refractivity contribution is 0.390. The highest BCUT2D eigenvalue weighted by Crippen LogP contribution is 2.10. The van der Waals surface area contributed by atoms with Crippen molar-refractivity contribution in [3.63, 3.8) is 0 Å². The van der Waals surface area contributed by atoms with Crippen molar-refractivity contribution in [3.8, 4) is 0 Å². The minimum atomic E-state index is -3.33. The van der Waals surface area contributed by atoms with E-state index in [0.29, 0.717) is 12.5 Å². The van der Waals surface area contributed by atoms with Gasteiger partial charge in [0.25, 0.3) is 10.2 Å². The molecule has 90 valence electrons. The largest absolute Gasteiger partial charge is 0.315 e. The van der Waals surface area contributed by atoms with Crippen molar-refractivity contribution in [1.82, 2.24) is 14.3 Å². The topological polar surface area (TPSA) is 61.4 Å². The Labute approximate surface area is 92.4 Å². The highest BCUT2D eigenvalue weighted by Gasteiger charge is 2.30.